The first-order valence-electron chi connectivity index (χ1n) is 8.16. The molecule has 1 aliphatic carbocycles. The van der Waals surface area contributed by atoms with Crippen LogP contribution in [0.25, 0.3) is 0 Å². The summed E-state index contributed by atoms with van der Waals surface area (Å²) in [6.07, 6.45) is 5.14. The van der Waals surface area contributed by atoms with Crippen LogP contribution in [0.3, 0.4) is 0 Å². The van der Waals surface area contributed by atoms with Crippen LogP contribution in [0.4, 0.5) is 0 Å². The maximum atomic E-state index is 6.41. The zero-order valence-electron chi connectivity index (χ0n) is 12.8. The van der Waals surface area contributed by atoms with Gasteiger partial charge >= 0.3 is 0 Å². The highest BCUT2D eigenvalue weighted by molar-refractivity contribution is 7.10. The molecule has 1 saturated carbocycles. The van der Waals surface area contributed by atoms with Gasteiger partial charge in [0.15, 0.2) is 0 Å². The van der Waals surface area contributed by atoms with Crippen LogP contribution in [0.15, 0.2) is 11.4 Å². The Hall–Kier alpha value is -0.380. The highest BCUT2D eigenvalue weighted by atomic mass is 32.1. The molecule has 2 nitrogen and oxygen atoms in total. The van der Waals surface area contributed by atoms with Gasteiger partial charge in [-0.05, 0) is 60.4 Å². The molecule has 0 saturated heterocycles. The summed E-state index contributed by atoms with van der Waals surface area (Å²) in [5.74, 6) is 2.41. The van der Waals surface area contributed by atoms with Gasteiger partial charge in [-0.25, -0.2) is 0 Å². The third kappa shape index (κ3) is 3.10. The summed E-state index contributed by atoms with van der Waals surface area (Å²) in [4.78, 5) is 4.25. The molecule has 1 aromatic rings. The van der Waals surface area contributed by atoms with Crippen molar-refractivity contribution >= 4 is 11.3 Å². The van der Waals surface area contributed by atoms with Crippen LogP contribution in [-0.2, 0) is 13.0 Å². The minimum atomic E-state index is 0.425. The van der Waals surface area contributed by atoms with E-state index in [9.17, 15) is 0 Å². The molecule has 20 heavy (non-hydrogen) atoms. The molecule has 3 unspecified atom stereocenters. The van der Waals surface area contributed by atoms with Gasteiger partial charge in [-0.1, -0.05) is 13.8 Å². The number of rotatable bonds is 3. The van der Waals surface area contributed by atoms with E-state index < -0.39 is 0 Å². The number of hydrogen-bond donors (Lipinski definition) is 1. The number of hydrogen-bond acceptors (Lipinski definition) is 3. The number of nitrogens with zero attached hydrogens (tertiary/aromatic N) is 1. The monoisotopic (exact) mass is 292 g/mol. The fraction of sp³-hybridized carbons (Fsp3) is 0.765. The number of nitrogens with two attached hydrogens (primary N) is 1. The van der Waals surface area contributed by atoms with Crippen LogP contribution < -0.4 is 5.73 Å². The van der Waals surface area contributed by atoms with E-state index >= 15 is 0 Å². The van der Waals surface area contributed by atoms with Crippen molar-refractivity contribution < 1.29 is 0 Å². The van der Waals surface area contributed by atoms with Gasteiger partial charge < -0.3 is 5.73 Å². The molecule has 0 bridgehead atoms. The van der Waals surface area contributed by atoms with E-state index in [0.29, 0.717) is 12.0 Å². The summed E-state index contributed by atoms with van der Waals surface area (Å²) in [6, 6.07) is 2.73. The Morgan fingerprint density at radius 1 is 1.40 bits per heavy atom. The molecule has 3 rings (SSSR count). The van der Waals surface area contributed by atoms with Crippen molar-refractivity contribution in [2.45, 2.75) is 52.1 Å². The van der Waals surface area contributed by atoms with Crippen molar-refractivity contribution in [3.05, 3.63) is 21.9 Å². The summed E-state index contributed by atoms with van der Waals surface area (Å²) in [6.45, 7) is 8.32. The van der Waals surface area contributed by atoms with E-state index in [1.165, 1.54) is 38.8 Å². The Bertz CT molecular complexity index is 440. The van der Waals surface area contributed by atoms with Crippen LogP contribution in [-0.4, -0.2) is 24.0 Å². The maximum Gasteiger partial charge on any atom is 0.0245 e. The van der Waals surface area contributed by atoms with Crippen molar-refractivity contribution in [1.29, 1.82) is 0 Å². The summed E-state index contributed by atoms with van der Waals surface area (Å²) < 4.78 is 0. The van der Waals surface area contributed by atoms with Gasteiger partial charge in [-0.2, -0.15) is 0 Å². The van der Waals surface area contributed by atoms with Gasteiger partial charge in [-0.3, -0.25) is 4.90 Å². The third-order valence-electron chi connectivity index (χ3n) is 5.40. The molecule has 3 heteroatoms. The first kappa shape index (κ1) is 14.6. The van der Waals surface area contributed by atoms with Crippen molar-refractivity contribution in [2.75, 3.05) is 13.1 Å². The predicted molar refractivity (Wildman–Crippen MR) is 86.9 cm³/mol. The van der Waals surface area contributed by atoms with Gasteiger partial charge in [0.05, 0.1) is 0 Å². The molecule has 0 radical (unpaired) electrons. The molecule has 0 spiro atoms. The SMILES string of the molecule is CC(C)C1CCC(N)C(CN2CCc3sccc3C2)C1. The fourth-order valence-corrected chi connectivity index (χ4v) is 4.82. The van der Waals surface area contributed by atoms with E-state index in [4.69, 9.17) is 5.73 Å². The standard InChI is InChI=1S/C17H28N2S/c1-12(2)13-3-4-16(18)15(9-13)11-19-7-5-17-14(10-19)6-8-20-17/h6,8,12-13,15-16H,3-5,7,9-11,18H2,1-2H3. The topological polar surface area (TPSA) is 29.3 Å². The van der Waals surface area contributed by atoms with Gasteiger partial charge in [0, 0.05) is 30.6 Å². The predicted octanol–water partition coefficient (Wildman–Crippen LogP) is 3.51. The summed E-state index contributed by atoms with van der Waals surface area (Å²) in [5, 5.41) is 2.25. The first-order valence-corrected chi connectivity index (χ1v) is 9.04. The molecule has 1 aliphatic heterocycles. The second-order valence-electron chi connectivity index (χ2n) is 7.10. The Morgan fingerprint density at radius 2 is 2.25 bits per heavy atom. The highest BCUT2D eigenvalue weighted by Crippen LogP contribution is 2.34. The van der Waals surface area contributed by atoms with Gasteiger partial charge in [-0.15, -0.1) is 11.3 Å². The average molecular weight is 292 g/mol. The molecule has 0 aromatic carbocycles. The average Bonchev–Trinajstić information content (AvgIpc) is 2.88. The van der Waals surface area contributed by atoms with Crippen LogP contribution in [0, 0.1) is 17.8 Å². The van der Waals surface area contributed by atoms with Gasteiger partial charge in [0.25, 0.3) is 0 Å². The van der Waals surface area contributed by atoms with E-state index in [-0.39, 0.29) is 0 Å². The van der Waals surface area contributed by atoms with Crippen molar-refractivity contribution in [3.63, 3.8) is 0 Å². The first-order chi connectivity index (χ1) is 9.63. The van der Waals surface area contributed by atoms with Gasteiger partial charge in [0.1, 0.15) is 0 Å². The molecular formula is C17H28N2S. The van der Waals surface area contributed by atoms with Crippen molar-refractivity contribution in [3.8, 4) is 0 Å². The molecule has 112 valence electrons. The Kier molecular flexibility index (Phi) is 4.49. The zero-order chi connectivity index (χ0) is 14.1. The van der Waals surface area contributed by atoms with Gasteiger partial charge in [0.2, 0.25) is 0 Å². The lowest BCUT2D eigenvalue weighted by atomic mass is 9.73. The molecule has 3 atom stereocenters. The minimum Gasteiger partial charge on any atom is -0.327 e. The lowest BCUT2D eigenvalue weighted by Crippen LogP contribution is -2.44. The van der Waals surface area contributed by atoms with Crippen LogP contribution in [0.5, 0.6) is 0 Å². The largest absolute Gasteiger partial charge is 0.327 e. The van der Waals surface area contributed by atoms with Crippen LogP contribution in [0.2, 0.25) is 0 Å². The Labute approximate surface area is 127 Å². The summed E-state index contributed by atoms with van der Waals surface area (Å²) in [7, 11) is 0. The molecular weight excluding hydrogens is 264 g/mol. The molecule has 2 heterocycles. The van der Waals surface area contributed by atoms with E-state index in [0.717, 1.165) is 18.4 Å². The Morgan fingerprint density at radius 3 is 3.05 bits per heavy atom. The summed E-state index contributed by atoms with van der Waals surface area (Å²) in [5.41, 5.74) is 7.97. The smallest absolute Gasteiger partial charge is 0.0245 e. The van der Waals surface area contributed by atoms with Crippen molar-refractivity contribution in [1.82, 2.24) is 4.90 Å². The Balaban J connectivity index is 1.59. The fourth-order valence-electron chi connectivity index (χ4n) is 3.93. The van der Waals surface area contributed by atoms with Crippen LogP contribution in [0.1, 0.15) is 43.6 Å². The second-order valence-corrected chi connectivity index (χ2v) is 8.10. The lowest BCUT2D eigenvalue weighted by Gasteiger charge is -2.39. The summed E-state index contributed by atoms with van der Waals surface area (Å²) >= 11 is 1.93. The van der Waals surface area contributed by atoms with E-state index in [1.54, 1.807) is 10.4 Å². The molecule has 1 aromatic heterocycles. The molecule has 2 aliphatic rings. The van der Waals surface area contributed by atoms with E-state index in [2.05, 4.69) is 30.2 Å². The minimum absolute atomic E-state index is 0.425. The second kappa shape index (κ2) is 6.17. The molecule has 1 fully saturated rings. The van der Waals surface area contributed by atoms with Crippen molar-refractivity contribution in [2.24, 2.45) is 23.5 Å². The maximum absolute atomic E-state index is 6.41. The third-order valence-corrected chi connectivity index (χ3v) is 6.43. The molecule has 0 amide bonds. The van der Waals surface area contributed by atoms with E-state index in [1.807, 2.05) is 11.3 Å². The lowest BCUT2D eigenvalue weighted by molar-refractivity contribution is 0.130. The number of thiophene rings is 1. The quantitative estimate of drug-likeness (QED) is 0.924. The molecule has 2 N–H and O–H groups in total. The highest BCUT2D eigenvalue weighted by Gasteiger charge is 2.31. The van der Waals surface area contributed by atoms with Crippen LogP contribution >= 0.6 is 11.3 Å². The number of fused-ring (bicyclic) bond motifs is 1. The zero-order valence-corrected chi connectivity index (χ0v) is 13.7. The normalized spacial score (nSPS) is 31.5.